The van der Waals surface area contributed by atoms with E-state index in [0.717, 1.165) is 5.56 Å². The fraction of sp³-hybridized carbons (Fsp3) is 0.250. The number of halogens is 2. The molecule has 6 nitrogen and oxygen atoms in total. The van der Waals surface area contributed by atoms with Gasteiger partial charge in [-0.05, 0) is 52.0 Å². The first-order chi connectivity index (χ1) is 13.5. The second-order valence-corrected chi connectivity index (χ2v) is 8.67. The highest BCUT2D eigenvalue weighted by molar-refractivity contribution is 7.86. The van der Waals surface area contributed by atoms with Crippen LogP contribution in [0, 0.1) is 19.7 Å². The molecule has 0 amide bonds. The number of benzene rings is 2. The maximum atomic E-state index is 13.7. The summed E-state index contributed by atoms with van der Waals surface area (Å²) >= 11 is 6.25. The van der Waals surface area contributed by atoms with Crippen LogP contribution in [-0.4, -0.2) is 25.6 Å². The van der Waals surface area contributed by atoms with E-state index in [1.807, 2.05) is 6.92 Å². The number of aryl methyl sites for hydroxylation is 1. The molecule has 9 heteroatoms. The topological polar surface area (TPSA) is 79.2 Å². The van der Waals surface area contributed by atoms with E-state index in [-0.39, 0.29) is 32.8 Å². The third-order valence-corrected chi connectivity index (χ3v) is 6.34. The molecule has 154 valence electrons. The lowest BCUT2D eigenvalue weighted by atomic mass is 10.1. The van der Waals surface area contributed by atoms with Crippen molar-refractivity contribution in [2.45, 2.75) is 38.8 Å². The Labute approximate surface area is 174 Å². The lowest BCUT2D eigenvalue weighted by Crippen LogP contribution is -2.43. The number of aliphatic hydroxyl groups excluding tert-OH is 1. The summed E-state index contributed by atoms with van der Waals surface area (Å²) in [5, 5.41) is 10.9. The smallest absolute Gasteiger partial charge is 0.340 e. The number of aliphatic imine (C=N–C) groups is 1. The first-order valence-corrected chi connectivity index (χ1v) is 10.5. The van der Waals surface area contributed by atoms with Crippen molar-refractivity contribution < 1.29 is 22.1 Å². The van der Waals surface area contributed by atoms with Crippen LogP contribution in [0.25, 0.3) is 0 Å². The zero-order valence-corrected chi connectivity index (χ0v) is 17.8. The van der Waals surface area contributed by atoms with E-state index in [1.165, 1.54) is 43.0 Å². The molecule has 3 rings (SSSR count). The minimum atomic E-state index is -4.13. The summed E-state index contributed by atoms with van der Waals surface area (Å²) in [4.78, 5) is 5.56. The first kappa shape index (κ1) is 21.3. The van der Waals surface area contributed by atoms with Crippen molar-refractivity contribution in [3.8, 4) is 0 Å². The summed E-state index contributed by atoms with van der Waals surface area (Å²) in [7, 11) is -4.13. The second kappa shape index (κ2) is 7.78. The summed E-state index contributed by atoms with van der Waals surface area (Å²) < 4.78 is 44.1. The molecule has 0 radical (unpaired) electrons. The Balaban J connectivity index is 1.97. The first-order valence-electron chi connectivity index (χ1n) is 8.72. The van der Waals surface area contributed by atoms with Gasteiger partial charge in [0.2, 0.25) is 5.88 Å². The van der Waals surface area contributed by atoms with Gasteiger partial charge in [-0.1, -0.05) is 29.3 Å². The summed E-state index contributed by atoms with van der Waals surface area (Å²) in [5.41, 5.74) is 1.65. The van der Waals surface area contributed by atoms with E-state index >= 15 is 0 Å². The van der Waals surface area contributed by atoms with Crippen molar-refractivity contribution in [2.75, 3.05) is 4.90 Å². The number of hydrogen-bond acceptors (Lipinski definition) is 6. The van der Waals surface area contributed by atoms with Crippen molar-refractivity contribution in [3.05, 3.63) is 69.8 Å². The van der Waals surface area contributed by atoms with Crippen LogP contribution in [0.15, 0.2) is 57.7 Å². The predicted octanol–water partition coefficient (Wildman–Crippen LogP) is 4.29. The van der Waals surface area contributed by atoms with Crippen molar-refractivity contribution >= 4 is 33.2 Å². The Bertz CT molecular complexity index is 1130. The van der Waals surface area contributed by atoms with Gasteiger partial charge in [0.15, 0.2) is 6.23 Å². The van der Waals surface area contributed by atoms with Gasteiger partial charge in [0, 0.05) is 11.1 Å². The second-order valence-electron chi connectivity index (χ2n) is 6.75. The van der Waals surface area contributed by atoms with Crippen LogP contribution >= 0.6 is 11.6 Å². The molecule has 1 unspecified atom stereocenters. The molecule has 29 heavy (non-hydrogen) atoms. The summed E-state index contributed by atoms with van der Waals surface area (Å²) in [6.07, 6.45) is -1.29. The molecule has 2 aromatic carbocycles. The SMILES string of the molecule is CC1=NC(OS(=O)(=O)c2ccc(C)cc2)=C(C)C(O)N1c1ccc(F)c(C)c1Cl. The van der Waals surface area contributed by atoms with Crippen LogP contribution in [0.2, 0.25) is 5.02 Å². The van der Waals surface area contributed by atoms with Gasteiger partial charge in [-0.3, -0.25) is 4.90 Å². The van der Waals surface area contributed by atoms with E-state index in [2.05, 4.69) is 4.99 Å². The van der Waals surface area contributed by atoms with E-state index in [9.17, 15) is 17.9 Å². The van der Waals surface area contributed by atoms with E-state index in [1.54, 1.807) is 19.1 Å². The molecule has 2 aromatic rings. The normalized spacial score (nSPS) is 17.4. The van der Waals surface area contributed by atoms with E-state index in [4.69, 9.17) is 15.8 Å². The molecule has 1 aliphatic heterocycles. The van der Waals surface area contributed by atoms with Crippen LogP contribution in [0.4, 0.5) is 10.1 Å². The Morgan fingerprint density at radius 3 is 2.34 bits per heavy atom. The van der Waals surface area contributed by atoms with Crippen LogP contribution < -0.4 is 4.90 Å². The average molecular weight is 439 g/mol. The van der Waals surface area contributed by atoms with Gasteiger partial charge >= 0.3 is 10.1 Å². The van der Waals surface area contributed by atoms with Crippen molar-refractivity contribution in [1.29, 1.82) is 0 Å². The number of amidine groups is 1. The molecule has 1 atom stereocenters. The van der Waals surface area contributed by atoms with Gasteiger partial charge in [-0.15, -0.1) is 0 Å². The largest absolute Gasteiger partial charge is 0.369 e. The van der Waals surface area contributed by atoms with Crippen LogP contribution in [0.3, 0.4) is 0 Å². The molecule has 0 fully saturated rings. The van der Waals surface area contributed by atoms with E-state index in [0.29, 0.717) is 5.69 Å². The van der Waals surface area contributed by atoms with Crippen LogP contribution in [0.1, 0.15) is 25.0 Å². The van der Waals surface area contributed by atoms with Gasteiger partial charge in [-0.2, -0.15) is 13.4 Å². The van der Waals surface area contributed by atoms with Gasteiger partial charge in [-0.25, -0.2) is 4.39 Å². The zero-order valence-electron chi connectivity index (χ0n) is 16.3. The van der Waals surface area contributed by atoms with Gasteiger partial charge in [0.05, 0.1) is 10.7 Å². The number of aliphatic hydroxyl groups is 1. The molecular weight excluding hydrogens is 419 g/mol. The minimum Gasteiger partial charge on any atom is -0.369 e. The third kappa shape index (κ3) is 4.01. The van der Waals surface area contributed by atoms with Crippen LogP contribution in [-0.2, 0) is 14.3 Å². The quantitative estimate of drug-likeness (QED) is 0.720. The molecule has 0 aromatic heterocycles. The highest BCUT2D eigenvalue weighted by Crippen LogP contribution is 2.35. The molecule has 0 saturated heterocycles. The average Bonchev–Trinajstić information content (AvgIpc) is 2.66. The van der Waals surface area contributed by atoms with Crippen molar-refractivity contribution in [1.82, 2.24) is 0 Å². The molecule has 0 bridgehead atoms. The molecular formula is C20H20ClFN2O4S. The number of anilines is 1. The molecule has 1 N–H and O–H groups in total. The predicted molar refractivity (Wildman–Crippen MR) is 110 cm³/mol. The minimum absolute atomic E-state index is 0.0228. The Morgan fingerprint density at radius 2 is 1.72 bits per heavy atom. The zero-order chi connectivity index (χ0) is 21.5. The summed E-state index contributed by atoms with van der Waals surface area (Å²) in [5.74, 6) is -0.452. The fourth-order valence-corrected chi connectivity index (χ4v) is 4.04. The van der Waals surface area contributed by atoms with Gasteiger partial charge in [0.1, 0.15) is 16.5 Å². The van der Waals surface area contributed by atoms with Crippen molar-refractivity contribution in [3.63, 3.8) is 0 Å². The standard InChI is InChI=1S/C20H20ClFN2O4S/c1-11-5-7-15(8-6-11)29(26,27)28-19-13(3)20(25)24(14(4)23-19)17-10-9-16(22)12(2)18(17)21/h5-10,20,25H,1-4H3. The molecule has 0 spiro atoms. The number of nitrogens with zero attached hydrogens (tertiary/aromatic N) is 2. The Hall–Kier alpha value is -2.42. The summed E-state index contributed by atoms with van der Waals surface area (Å²) in [6.45, 7) is 6.42. The lowest BCUT2D eigenvalue weighted by molar-refractivity contribution is 0.209. The van der Waals surface area contributed by atoms with Crippen LogP contribution in [0.5, 0.6) is 0 Å². The van der Waals surface area contributed by atoms with Gasteiger partial charge in [0.25, 0.3) is 0 Å². The maximum Gasteiger partial charge on any atom is 0.340 e. The third-order valence-electron chi connectivity index (χ3n) is 4.64. The molecule has 0 saturated carbocycles. The molecule has 0 aliphatic carbocycles. The maximum absolute atomic E-state index is 13.7. The highest BCUT2D eigenvalue weighted by atomic mass is 35.5. The number of hydrogen-bond donors (Lipinski definition) is 1. The number of rotatable bonds is 4. The monoisotopic (exact) mass is 438 g/mol. The highest BCUT2D eigenvalue weighted by Gasteiger charge is 2.32. The fourth-order valence-electron chi connectivity index (χ4n) is 2.85. The molecule has 1 aliphatic rings. The Morgan fingerprint density at radius 1 is 1.10 bits per heavy atom. The van der Waals surface area contributed by atoms with E-state index < -0.39 is 22.2 Å². The lowest BCUT2D eigenvalue weighted by Gasteiger charge is -2.34. The van der Waals surface area contributed by atoms with Crippen molar-refractivity contribution in [2.24, 2.45) is 4.99 Å². The Kier molecular flexibility index (Phi) is 5.71. The van der Waals surface area contributed by atoms with Gasteiger partial charge < -0.3 is 9.29 Å². The molecule has 1 heterocycles. The summed E-state index contributed by atoms with van der Waals surface area (Å²) in [6, 6.07) is 8.84.